The van der Waals surface area contributed by atoms with Crippen molar-refractivity contribution in [1.29, 1.82) is 0 Å². The van der Waals surface area contributed by atoms with Gasteiger partial charge in [-0.05, 0) is 41.9 Å². The molecular weight excluding hydrogens is 304 g/mol. The van der Waals surface area contributed by atoms with Crippen molar-refractivity contribution in [2.45, 2.75) is 72.1 Å². The van der Waals surface area contributed by atoms with Gasteiger partial charge in [0.15, 0.2) is 0 Å². The van der Waals surface area contributed by atoms with Gasteiger partial charge in [0.1, 0.15) is 0 Å². The first-order chi connectivity index (χ1) is 11.3. The molecule has 1 unspecified atom stereocenters. The Hall–Kier alpha value is -1.84. The summed E-state index contributed by atoms with van der Waals surface area (Å²) in [5.41, 5.74) is 1.55. The lowest BCUT2D eigenvalue weighted by atomic mass is 9.82. The van der Waals surface area contributed by atoms with Gasteiger partial charge < -0.3 is 10.2 Å². The third kappa shape index (κ3) is 5.36. The van der Waals surface area contributed by atoms with Crippen molar-refractivity contribution in [2.75, 3.05) is 0 Å². The van der Waals surface area contributed by atoms with Crippen LogP contribution < -0.4 is 0 Å². The summed E-state index contributed by atoms with van der Waals surface area (Å²) in [5, 5.41) is 19.0. The molecule has 0 spiro atoms. The SMILES string of the molecule is CCCCCCC(C)c1c(CC(C)C)ccc(C(=O)O)c1C(=O)O. The molecule has 0 saturated heterocycles. The van der Waals surface area contributed by atoms with E-state index in [4.69, 9.17) is 0 Å². The monoisotopic (exact) mass is 334 g/mol. The predicted octanol–water partition coefficient (Wildman–Crippen LogP) is 5.36. The molecule has 0 amide bonds. The Balaban J connectivity index is 3.30. The molecule has 0 aromatic heterocycles. The molecule has 1 atom stereocenters. The molecule has 1 aromatic rings. The second-order valence-corrected chi connectivity index (χ2v) is 7.02. The van der Waals surface area contributed by atoms with E-state index in [1.165, 1.54) is 12.5 Å². The first-order valence-corrected chi connectivity index (χ1v) is 8.91. The summed E-state index contributed by atoms with van der Waals surface area (Å²) in [6.45, 7) is 8.34. The lowest BCUT2D eigenvalue weighted by Crippen LogP contribution is -2.16. The van der Waals surface area contributed by atoms with Crippen LogP contribution in [0.25, 0.3) is 0 Å². The van der Waals surface area contributed by atoms with Crippen LogP contribution in [0.3, 0.4) is 0 Å². The van der Waals surface area contributed by atoms with Gasteiger partial charge >= 0.3 is 11.9 Å². The first kappa shape index (κ1) is 20.2. The molecule has 1 rings (SSSR count). The van der Waals surface area contributed by atoms with E-state index < -0.39 is 11.9 Å². The molecule has 0 radical (unpaired) electrons. The maximum absolute atomic E-state index is 11.8. The zero-order valence-electron chi connectivity index (χ0n) is 15.3. The molecule has 24 heavy (non-hydrogen) atoms. The Morgan fingerprint density at radius 1 is 1.00 bits per heavy atom. The summed E-state index contributed by atoms with van der Waals surface area (Å²) >= 11 is 0. The standard InChI is InChI=1S/C20H30O4/c1-5-6-7-8-9-14(4)17-15(12-13(2)3)10-11-16(19(21)22)18(17)20(23)24/h10-11,13-14H,5-9,12H2,1-4H3,(H,21,22)(H,23,24). The number of hydrogen-bond acceptors (Lipinski definition) is 2. The van der Waals surface area contributed by atoms with Gasteiger partial charge in [0.2, 0.25) is 0 Å². The zero-order chi connectivity index (χ0) is 18.3. The minimum Gasteiger partial charge on any atom is -0.478 e. The average molecular weight is 334 g/mol. The summed E-state index contributed by atoms with van der Waals surface area (Å²) in [4.78, 5) is 23.3. The van der Waals surface area contributed by atoms with Crippen molar-refractivity contribution in [2.24, 2.45) is 5.92 Å². The third-order valence-corrected chi connectivity index (χ3v) is 4.39. The molecule has 0 bridgehead atoms. The number of carbonyl (C=O) groups is 2. The van der Waals surface area contributed by atoms with E-state index in [1.807, 2.05) is 6.92 Å². The average Bonchev–Trinajstić information content (AvgIpc) is 2.49. The van der Waals surface area contributed by atoms with Crippen LogP contribution in [0.2, 0.25) is 0 Å². The number of carboxylic acids is 2. The van der Waals surface area contributed by atoms with Gasteiger partial charge in [-0.1, -0.05) is 59.4 Å². The summed E-state index contributed by atoms with van der Waals surface area (Å²) in [5.74, 6) is -1.90. The van der Waals surface area contributed by atoms with E-state index in [0.29, 0.717) is 11.5 Å². The predicted molar refractivity (Wildman–Crippen MR) is 96.1 cm³/mol. The van der Waals surface area contributed by atoms with Crippen molar-refractivity contribution >= 4 is 11.9 Å². The molecule has 4 heteroatoms. The number of aromatic carboxylic acids is 2. The van der Waals surface area contributed by atoms with Crippen LogP contribution in [-0.2, 0) is 6.42 Å². The maximum atomic E-state index is 11.8. The van der Waals surface area contributed by atoms with Gasteiger partial charge in [0.05, 0.1) is 11.1 Å². The largest absolute Gasteiger partial charge is 0.478 e. The van der Waals surface area contributed by atoms with Gasteiger partial charge in [-0.3, -0.25) is 0 Å². The zero-order valence-corrected chi connectivity index (χ0v) is 15.3. The topological polar surface area (TPSA) is 74.6 Å². The fraction of sp³-hybridized carbons (Fsp3) is 0.600. The van der Waals surface area contributed by atoms with Crippen molar-refractivity contribution in [3.63, 3.8) is 0 Å². The summed E-state index contributed by atoms with van der Waals surface area (Å²) in [6, 6.07) is 3.24. The van der Waals surface area contributed by atoms with Crippen LogP contribution in [0.4, 0.5) is 0 Å². The second kappa shape index (κ2) is 9.45. The molecule has 0 aliphatic carbocycles. The molecule has 2 N–H and O–H groups in total. The first-order valence-electron chi connectivity index (χ1n) is 8.91. The molecule has 0 saturated carbocycles. The normalized spacial score (nSPS) is 12.4. The molecule has 0 aliphatic heterocycles. The molecule has 1 aromatic carbocycles. The van der Waals surface area contributed by atoms with E-state index in [2.05, 4.69) is 20.8 Å². The highest BCUT2D eigenvalue weighted by molar-refractivity contribution is 6.03. The number of rotatable bonds is 10. The number of carboxylic acid groups (broad SMARTS) is 2. The number of hydrogen-bond donors (Lipinski definition) is 2. The van der Waals surface area contributed by atoms with E-state index in [0.717, 1.165) is 37.7 Å². The van der Waals surface area contributed by atoms with Crippen LogP contribution in [0.5, 0.6) is 0 Å². The lowest BCUT2D eigenvalue weighted by molar-refractivity contribution is 0.0650. The Labute approximate surface area is 144 Å². The van der Waals surface area contributed by atoms with Crippen LogP contribution in [0.15, 0.2) is 12.1 Å². The summed E-state index contributed by atoms with van der Waals surface area (Å²) < 4.78 is 0. The van der Waals surface area contributed by atoms with Crippen molar-refractivity contribution < 1.29 is 19.8 Å². The van der Waals surface area contributed by atoms with Gasteiger partial charge in [-0.2, -0.15) is 0 Å². The highest BCUT2D eigenvalue weighted by atomic mass is 16.4. The van der Waals surface area contributed by atoms with Gasteiger partial charge in [-0.15, -0.1) is 0 Å². The smallest absolute Gasteiger partial charge is 0.336 e. The Kier molecular flexibility index (Phi) is 7.96. The number of unbranched alkanes of at least 4 members (excludes halogenated alkanes) is 3. The summed E-state index contributed by atoms with van der Waals surface area (Å²) in [6.07, 6.45) is 6.13. The van der Waals surface area contributed by atoms with E-state index in [9.17, 15) is 19.8 Å². The quantitative estimate of drug-likeness (QED) is 0.565. The Morgan fingerprint density at radius 2 is 1.67 bits per heavy atom. The van der Waals surface area contributed by atoms with E-state index >= 15 is 0 Å². The van der Waals surface area contributed by atoms with Gasteiger partial charge in [0.25, 0.3) is 0 Å². The van der Waals surface area contributed by atoms with Gasteiger partial charge in [-0.25, -0.2) is 9.59 Å². The molecule has 134 valence electrons. The van der Waals surface area contributed by atoms with Gasteiger partial charge in [0, 0.05) is 0 Å². The minimum absolute atomic E-state index is 0.0244. The lowest BCUT2D eigenvalue weighted by Gasteiger charge is -2.21. The van der Waals surface area contributed by atoms with E-state index in [-0.39, 0.29) is 17.0 Å². The molecule has 4 nitrogen and oxygen atoms in total. The van der Waals surface area contributed by atoms with Crippen LogP contribution in [-0.4, -0.2) is 22.2 Å². The Bertz CT molecular complexity index is 575. The second-order valence-electron chi connectivity index (χ2n) is 7.02. The fourth-order valence-corrected chi connectivity index (χ4v) is 3.27. The molecule has 0 heterocycles. The summed E-state index contributed by atoms with van der Waals surface area (Å²) in [7, 11) is 0. The van der Waals surface area contributed by atoms with E-state index in [1.54, 1.807) is 6.07 Å². The minimum atomic E-state index is -1.18. The Morgan fingerprint density at radius 3 is 2.17 bits per heavy atom. The maximum Gasteiger partial charge on any atom is 0.336 e. The van der Waals surface area contributed by atoms with Crippen LogP contribution in [0.1, 0.15) is 97.6 Å². The molecular formula is C20H30O4. The third-order valence-electron chi connectivity index (χ3n) is 4.39. The number of benzene rings is 1. The molecule has 0 aliphatic rings. The van der Waals surface area contributed by atoms with Crippen molar-refractivity contribution in [3.05, 3.63) is 34.4 Å². The molecule has 0 fully saturated rings. The van der Waals surface area contributed by atoms with Crippen molar-refractivity contribution in [1.82, 2.24) is 0 Å². The van der Waals surface area contributed by atoms with Crippen molar-refractivity contribution in [3.8, 4) is 0 Å². The highest BCUT2D eigenvalue weighted by Crippen LogP contribution is 2.32. The van der Waals surface area contributed by atoms with Crippen LogP contribution >= 0.6 is 0 Å². The van der Waals surface area contributed by atoms with Crippen LogP contribution in [0, 0.1) is 5.92 Å². The fourth-order valence-electron chi connectivity index (χ4n) is 3.27. The highest BCUT2D eigenvalue weighted by Gasteiger charge is 2.26.